The predicted molar refractivity (Wildman–Crippen MR) is 69.8 cm³/mol. The van der Waals surface area contributed by atoms with E-state index in [1.165, 1.54) is 36.7 Å². The Balaban J connectivity index is 1.81. The second-order valence-electron chi connectivity index (χ2n) is 4.14. The number of hydrogen-bond acceptors (Lipinski definition) is 4. The van der Waals surface area contributed by atoms with Crippen LogP contribution in [-0.2, 0) is 0 Å². The minimum absolute atomic E-state index is 0.0996. The molecule has 0 saturated heterocycles. The molecule has 5 nitrogen and oxygen atoms in total. The largest absolute Gasteiger partial charge is 0.586 e. The average molecular weight is 313 g/mol. The highest BCUT2D eigenvalue weighted by atomic mass is 35.5. The van der Waals surface area contributed by atoms with Crippen molar-refractivity contribution in [2.75, 3.05) is 5.32 Å². The van der Waals surface area contributed by atoms with Gasteiger partial charge in [0.1, 0.15) is 0 Å². The number of pyridine rings is 1. The highest BCUT2D eigenvalue weighted by molar-refractivity contribution is 6.34. The third kappa shape index (κ3) is 2.73. The van der Waals surface area contributed by atoms with E-state index in [0.717, 1.165) is 0 Å². The monoisotopic (exact) mass is 312 g/mol. The molecule has 1 amide bonds. The van der Waals surface area contributed by atoms with Crippen LogP contribution in [0.1, 0.15) is 10.4 Å². The van der Waals surface area contributed by atoms with Crippen molar-refractivity contribution in [1.82, 2.24) is 4.98 Å². The predicted octanol–water partition coefficient (Wildman–Crippen LogP) is 3.31. The number of amides is 1. The Bertz CT molecular complexity index is 724. The molecule has 0 unspecified atom stereocenters. The molecule has 0 saturated carbocycles. The fourth-order valence-corrected chi connectivity index (χ4v) is 1.96. The highest BCUT2D eigenvalue weighted by Gasteiger charge is 2.43. The minimum Gasteiger partial charge on any atom is -0.395 e. The average Bonchev–Trinajstić information content (AvgIpc) is 2.72. The maximum Gasteiger partial charge on any atom is 0.586 e. The Morgan fingerprint density at radius 2 is 2.00 bits per heavy atom. The van der Waals surface area contributed by atoms with E-state index in [2.05, 4.69) is 19.8 Å². The molecule has 0 fully saturated rings. The van der Waals surface area contributed by atoms with Gasteiger partial charge in [-0.3, -0.25) is 9.78 Å². The molecule has 0 atom stereocenters. The maximum absolute atomic E-state index is 12.9. The van der Waals surface area contributed by atoms with Gasteiger partial charge in [-0.2, -0.15) is 0 Å². The first-order chi connectivity index (χ1) is 9.94. The Hall–Kier alpha value is -2.41. The molecule has 1 aliphatic heterocycles. The summed E-state index contributed by atoms with van der Waals surface area (Å²) in [5, 5.41) is 2.74. The van der Waals surface area contributed by atoms with Crippen molar-refractivity contribution in [2.24, 2.45) is 0 Å². The molecular weight excluding hydrogens is 306 g/mol. The van der Waals surface area contributed by atoms with Crippen molar-refractivity contribution in [3.05, 3.63) is 47.2 Å². The van der Waals surface area contributed by atoms with Crippen LogP contribution in [0.2, 0.25) is 5.02 Å². The molecule has 1 aromatic carbocycles. The number of ether oxygens (including phenoxy) is 2. The lowest BCUT2D eigenvalue weighted by Gasteiger charge is -2.06. The number of halogens is 3. The normalized spacial score (nSPS) is 14.8. The molecule has 108 valence electrons. The van der Waals surface area contributed by atoms with Crippen LogP contribution in [0.4, 0.5) is 14.5 Å². The standard InChI is InChI=1S/C13H7ClF2N2O3/c14-9-3-4-17-6-8(9)12(19)18-7-1-2-10-11(5-7)21-13(15,16)20-10/h1-6H,(H,18,19). The number of carbonyl (C=O) groups is 1. The van der Waals surface area contributed by atoms with E-state index in [1.807, 2.05) is 0 Å². The van der Waals surface area contributed by atoms with E-state index in [4.69, 9.17) is 11.6 Å². The lowest BCUT2D eigenvalue weighted by atomic mass is 10.2. The topological polar surface area (TPSA) is 60.5 Å². The van der Waals surface area contributed by atoms with Gasteiger partial charge in [0.05, 0.1) is 10.6 Å². The fourth-order valence-electron chi connectivity index (χ4n) is 1.77. The number of anilines is 1. The zero-order valence-corrected chi connectivity index (χ0v) is 11.0. The lowest BCUT2D eigenvalue weighted by molar-refractivity contribution is -0.286. The van der Waals surface area contributed by atoms with Crippen molar-refractivity contribution in [1.29, 1.82) is 0 Å². The molecule has 1 aliphatic rings. The highest BCUT2D eigenvalue weighted by Crippen LogP contribution is 2.42. The van der Waals surface area contributed by atoms with Gasteiger partial charge in [-0.15, -0.1) is 8.78 Å². The number of nitrogens with one attached hydrogen (secondary N) is 1. The van der Waals surface area contributed by atoms with E-state index in [1.54, 1.807) is 0 Å². The van der Waals surface area contributed by atoms with Gasteiger partial charge in [0, 0.05) is 24.1 Å². The zero-order valence-electron chi connectivity index (χ0n) is 10.3. The summed E-state index contributed by atoms with van der Waals surface area (Å²) in [4.78, 5) is 15.8. The van der Waals surface area contributed by atoms with Gasteiger partial charge in [0.25, 0.3) is 5.91 Å². The van der Waals surface area contributed by atoms with Crippen molar-refractivity contribution in [3.63, 3.8) is 0 Å². The molecule has 3 rings (SSSR count). The number of carbonyl (C=O) groups excluding carboxylic acids is 1. The van der Waals surface area contributed by atoms with Crippen molar-refractivity contribution in [2.45, 2.75) is 6.29 Å². The molecule has 2 heterocycles. The van der Waals surface area contributed by atoms with Gasteiger partial charge >= 0.3 is 6.29 Å². The number of hydrogen-bond donors (Lipinski definition) is 1. The minimum atomic E-state index is -3.70. The Labute approximate surface area is 122 Å². The van der Waals surface area contributed by atoms with Crippen LogP contribution < -0.4 is 14.8 Å². The Morgan fingerprint density at radius 1 is 1.24 bits per heavy atom. The van der Waals surface area contributed by atoms with E-state index in [9.17, 15) is 13.6 Å². The van der Waals surface area contributed by atoms with Crippen LogP contribution in [-0.4, -0.2) is 17.2 Å². The summed E-state index contributed by atoms with van der Waals surface area (Å²) in [5.74, 6) is -0.772. The molecule has 8 heteroatoms. The summed E-state index contributed by atoms with van der Waals surface area (Å²) >= 11 is 5.87. The molecule has 0 aliphatic carbocycles. The number of benzene rings is 1. The van der Waals surface area contributed by atoms with Crippen LogP contribution in [0.15, 0.2) is 36.7 Å². The van der Waals surface area contributed by atoms with Crippen molar-refractivity contribution < 1.29 is 23.0 Å². The van der Waals surface area contributed by atoms with Crippen LogP contribution in [0, 0.1) is 0 Å². The molecule has 0 radical (unpaired) electrons. The van der Waals surface area contributed by atoms with Gasteiger partial charge in [0.15, 0.2) is 11.5 Å². The summed E-state index contributed by atoms with van der Waals surface area (Å²) < 4.78 is 34.3. The second-order valence-corrected chi connectivity index (χ2v) is 4.55. The second kappa shape index (κ2) is 4.85. The smallest absolute Gasteiger partial charge is 0.395 e. The van der Waals surface area contributed by atoms with Gasteiger partial charge in [0.2, 0.25) is 0 Å². The van der Waals surface area contributed by atoms with Crippen LogP contribution in [0.25, 0.3) is 0 Å². The molecule has 2 aromatic rings. The maximum atomic E-state index is 12.9. The Morgan fingerprint density at radius 3 is 2.76 bits per heavy atom. The first-order valence-electron chi connectivity index (χ1n) is 5.75. The zero-order chi connectivity index (χ0) is 15.0. The molecule has 0 bridgehead atoms. The van der Waals surface area contributed by atoms with E-state index < -0.39 is 12.2 Å². The first-order valence-corrected chi connectivity index (χ1v) is 6.13. The van der Waals surface area contributed by atoms with Gasteiger partial charge in [-0.25, -0.2) is 0 Å². The molecule has 0 spiro atoms. The van der Waals surface area contributed by atoms with Crippen LogP contribution >= 0.6 is 11.6 Å². The van der Waals surface area contributed by atoms with E-state index >= 15 is 0 Å². The van der Waals surface area contributed by atoms with Gasteiger partial charge < -0.3 is 14.8 Å². The van der Waals surface area contributed by atoms with Crippen molar-refractivity contribution in [3.8, 4) is 11.5 Å². The SMILES string of the molecule is O=C(Nc1ccc2c(c1)OC(F)(F)O2)c1cnccc1Cl. The summed E-state index contributed by atoms with van der Waals surface area (Å²) in [7, 11) is 0. The Kier molecular flexibility index (Phi) is 3.13. The fraction of sp³-hybridized carbons (Fsp3) is 0.0769. The molecule has 1 aromatic heterocycles. The van der Waals surface area contributed by atoms with Gasteiger partial charge in [-0.05, 0) is 18.2 Å². The van der Waals surface area contributed by atoms with Gasteiger partial charge in [-0.1, -0.05) is 11.6 Å². The van der Waals surface area contributed by atoms with Crippen molar-refractivity contribution >= 4 is 23.2 Å². The summed E-state index contributed by atoms with van der Waals surface area (Å²) in [6.07, 6.45) is -0.946. The third-order valence-electron chi connectivity index (χ3n) is 2.67. The quantitative estimate of drug-likeness (QED) is 0.924. The van der Waals surface area contributed by atoms with Crippen LogP contribution in [0.5, 0.6) is 11.5 Å². The number of rotatable bonds is 2. The number of nitrogens with zero attached hydrogens (tertiary/aromatic N) is 1. The first kappa shape index (κ1) is 13.6. The number of fused-ring (bicyclic) bond motifs is 1. The lowest BCUT2D eigenvalue weighted by Crippen LogP contribution is -2.25. The summed E-state index contributed by atoms with van der Waals surface area (Å²) in [5.41, 5.74) is 0.433. The summed E-state index contributed by atoms with van der Waals surface area (Å²) in [6, 6.07) is 5.39. The summed E-state index contributed by atoms with van der Waals surface area (Å²) in [6.45, 7) is 0. The molecular formula is C13H7ClF2N2O3. The van der Waals surface area contributed by atoms with E-state index in [-0.39, 0.29) is 27.8 Å². The number of alkyl halides is 2. The van der Waals surface area contributed by atoms with Crippen LogP contribution in [0.3, 0.4) is 0 Å². The third-order valence-corrected chi connectivity index (χ3v) is 3.00. The molecule has 1 N–H and O–H groups in total. The molecule has 21 heavy (non-hydrogen) atoms. The number of aromatic nitrogens is 1. The van der Waals surface area contributed by atoms with E-state index in [0.29, 0.717) is 0 Å².